The van der Waals surface area contributed by atoms with Gasteiger partial charge in [0.05, 0.1) is 5.69 Å². The van der Waals surface area contributed by atoms with Crippen LogP contribution in [0.1, 0.15) is 25.0 Å². The molecule has 0 fully saturated rings. The van der Waals surface area contributed by atoms with Gasteiger partial charge >= 0.3 is 0 Å². The Hall–Kier alpha value is -7.48. The number of nitrogens with zero attached hydrogens (tertiary/aromatic N) is 1. The summed E-state index contributed by atoms with van der Waals surface area (Å²) in [5, 5.41) is 12.5. The first kappa shape index (κ1) is 34.6. The van der Waals surface area contributed by atoms with Crippen molar-refractivity contribution >= 4 is 70.9 Å². The molecule has 1 heteroatoms. The maximum absolute atomic E-state index is 2.57. The zero-order chi connectivity index (χ0) is 40.0. The third kappa shape index (κ3) is 5.19. The largest absolute Gasteiger partial charge is 0.309 e. The molecular formula is C59H41N. The number of hydrogen-bond acceptors (Lipinski definition) is 1. The van der Waals surface area contributed by atoms with Crippen LogP contribution in [0, 0.1) is 0 Å². The van der Waals surface area contributed by atoms with Gasteiger partial charge in [-0.25, -0.2) is 0 Å². The summed E-state index contributed by atoms with van der Waals surface area (Å²) in [4.78, 5) is 2.57. The molecule has 11 aromatic carbocycles. The fourth-order valence-electron chi connectivity index (χ4n) is 10.3. The molecule has 0 saturated carbocycles. The van der Waals surface area contributed by atoms with Crippen LogP contribution in [0.25, 0.3) is 87.2 Å². The smallest absolute Gasteiger partial charge is 0.0624 e. The van der Waals surface area contributed by atoms with Crippen LogP contribution in [0.5, 0.6) is 0 Å². The van der Waals surface area contributed by atoms with Gasteiger partial charge in [0.25, 0.3) is 0 Å². The van der Waals surface area contributed by atoms with Gasteiger partial charge < -0.3 is 4.90 Å². The Morgan fingerprint density at radius 1 is 0.317 bits per heavy atom. The molecule has 12 rings (SSSR count). The van der Waals surface area contributed by atoms with Crippen molar-refractivity contribution in [2.75, 3.05) is 4.90 Å². The van der Waals surface area contributed by atoms with E-state index in [0.29, 0.717) is 0 Å². The topological polar surface area (TPSA) is 3.24 Å². The highest BCUT2D eigenvalue weighted by molar-refractivity contribution is 6.30. The third-order valence-corrected chi connectivity index (χ3v) is 13.2. The second-order valence-corrected chi connectivity index (χ2v) is 16.8. The maximum Gasteiger partial charge on any atom is 0.0624 e. The molecule has 1 nitrogen and oxygen atoms in total. The van der Waals surface area contributed by atoms with Crippen LogP contribution in [0.4, 0.5) is 17.1 Å². The van der Waals surface area contributed by atoms with Crippen molar-refractivity contribution in [1.82, 2.24) is 0 Å². The highest BCUT2D eigenvalue weighted by atomic mass is 15.1. The molecule has 0 saturated heterocycles. The molecule has 0 radical (unpaired) electrons. The Morgan fingerprint density at radius 2 is 0.817 bits per heavy atom. The average molecular weight is 764 g/mol. The molecule has 0 spiro atoms. The first-order valence-corrected chi connectivity index (χ1v) is 21.0. The molecule has 1 aliphatic rings. The minimum Gasteiger partial charge on any atom is -0.309 e. The second-order valence-electron chi connectivity index (χ2n) is 16.8. The monoisotopic (exact) mass is 763 g/mol. The number of benzene rings is 11. The molecular weight excluding hydrogens is 723 g/mol. The Labute approximate surface area is 350 Å². The van der Waals surface area contributed by atoms with Gasteiger partial charge in [0.2, 0.25) is 0 Å². The second kappa shape index (κ2) is 13.3. The van der Waals surface area contributed by atoms with E-state index >= 15 is 0 Å². The van der Waals surface area contributed by atoms with Gasteiger partial charge in [0, 0.05) is 27.7 Å². The Bertz CT molecular complexity index is 3470. The van der Waals surface area contributed by atoms with Gasteiger partial charge in [0.1, 0.15) is 0 Å². The van der Waals surface area contributed by atoms with Crippen molar-refractivity contribution in [3.63, 3.8) is 0 Å². The Morgan fingerprint density at radius 3 is 1.60 bits per heavy atom. The van der Waals surface area contributed by atoms with Gasteiger partial charge in [0.15, 0.2) is 0 Å². The number of fused-ring (bicyclic) bond motifs is 12. The summed E-state index contributed by atoms with van der Waals surface area (Å²) in [6.45, 7) is 4.76. The van der Waals surface area contributed by atoms with Crippen molar-refractivity contribution in [2.45, 2.75) is 19.3 Å². The fraction of sp³-hybridized carbons (Fsp3) is 0.0508. The Balaban J connectivity index is 1.20. The van der Waals surface area contributed by atoms with Crippen molar-refractivity contribution in [1.29, 1.82) is 0 Å². The molecule has 0 unspecified atom stereocenters. The van der Waals surface area contributed by atoms with Crippen LogP contribution >= 0.6 is 0 Å². The maximum atomic E-state index is 2.57. The van der Waals surface area contributed by atoms with Crippen LogP contribution in [-0.2, 0) is 5.41 Å². The standard InChI is InChI=1S/C59H41N/c1-59(2)55-23-13-12-21-51(55)52-33-31-44(37-56(52)59)60(43-30-32-46-42(36-43)29-28-40-16-6-7-17-45(40)46)58-47(41-26-24-39(25-27-41)38-14-4-3-5-15-38)34-35-54-50-20-9-8-18-48(50)49-19-10-11-22-53(49)57(54)58/h3-37H,1-2H3. The van der Waals surface area contributed by atoms with Gasteiger partial charge in [-0.2, -0.15) is 0 Å². The van der Waals surface area contributed by atoms with Crippen molar-refractivity contribution < 1.29 is 0 Å². The zero-order valence-corrected chi connectivity index (χ0v) is 33.7. The summed E-state index contributed by atoms with van der Waals surface area (Å²) in [6.07, 6.45) is 0. The molecule has 0 heterocycles. The molecule has 0 bridgehead atoms. The van der Waals surface area contributed by atoms with E-state index in [0.717, 1.165) is 11.4 Å². The van der Waals surface area contributed by atoms with E-state index in [9.17, 15) is 0 Å². The summed E-state index contributed by atoms with van der Waals surface area (Å²) in [6, 6.07) is 79.0. The van der Waals surface area contributed by atoms with Crippen LogP contribution < -0.4 is 4.90 Å². The molecule has 1 aliphatic carbocycles. The molecule has 0 N–H and O–H groups in total. The zero-order valence-electron chi connectivity index (χ0n) is 33.7. The highest BCUT2D eigenvalue weighted by Gasteiger charge is 2.36. The lowest BCUT2D eigenvalue weighted by Gasteiger charge is -2.32. The molecule has 0 amide bonds. The lowest BCUT2D eigenvalue weighted by molar-refractivity contribution is 0.660. The minimum absolute atomic E-state index is 0.159. The van der Waals surface area contributed by atoms with E-state index in [1.807, 2.05) is 0 Å². The van der Waals surface area contributed by atoms with Gasteiger partial charge in [-0.1, -0.05) is 202 Å². The van der Waals surface area contributed by atoms with Gasteiger partial charge in [-0.15, -0.1) is 0 Å². The van der Waals surface area contributed by atoms with Crippen LogP contribution in [0.3, 0.4) is 0 Å². The molecule has 0 aromatic heterocycles. The van der Waals surface area contributed by atoms with E-state index in [-0.39, 0.29) is 5.41 Å². The molecule has 0 atom stereocenters. The summed E-state index contributed by atoms with van der Waals surface area (Å²) in [5.41, 5.74) is 13.4. The lowest BCUT2D eigenvalue weighted by Crippen LogP contribution is -2.17. The normalized spacial score (nSPS) is 13.0. The summed E-state index contributed by atoms with van der Waals surface area (Å²) in [7, 11) is 0. The number of hydrogen-bond donors (Lipinski definition) is 0. The van der Waals surface area contributed by atoms with E-state index in [4.69, 9.17) is 0 Å². The van der Waals surface area contributed by atoms with Crippen LogP contribution in [-0.4, -0.2) is 0 Å². The van der Waals surface area contributed by atoms with E-state index in [2.05, 4.69) is 231 Å². The van der Waals surface area contributed by atoms with Crippen LogP contribution in [0.15, 0.2) is 212 Å². The molecule has 60 heavy (non-hydrogen) atoms. The van der Waals surface area contributed by atoms with Crippen molar-refractivity contribution in [3.05, 3.63) is 223 Å². The summed E-state index contributed by atoms with van der Waals surface area (Å²) >= 11 is 0. The molecule has 282 valence electrons. The van der Waals surface area contributed by atoms with Gasteiger partial charge in [-0.3, -0.25) is 0 Å². The molecule has 0 aliphatic heterocycles. The van der Waals surface area contributed by atoms with Crippen molar-refractivity contribution in [3.8, 4) is 33.4 Å². The van der Waals surface area contributed by atoms with E-state index in [1.54, 1.807) is 0 Å². The van der Waals surface area contributed by atoms with Crippen molar-refractivity contribution in [2.24, 2.45) is 0 Å². The SMILES string of the molecule is CC1(C)c2ccccc2-c2ccc(N(c3ccc4c(ccc5ccccc54)c3)c3c(-c4ccc(-c5ccccc5)cc4)ccc4c5ccccc5c5ccccc5c34)cc21. The quantitative estimate of drug-likeness (QED) is 0.158. The average Bonchev–Trinajstić information content (AvgIpc) is 3.54. The van der Waals surface area contributed by atoms with Crippen LogP contribution in [0.2, 0.25) is 0 Å². The Kier molecular flexibility index (Phi) is 7.65. The first-order valence-electron chi connectivity index (χ1n) is 21.0. The predicted octanol–water partition coefficient (Wildman–Crippen LogP) is 16.6. The minimum atomic E-state index is -0.159. The van der Waals surface area contributed by atoms with Gasteiger partial charge in [-0.05, 0) is 112 Å². The fourth-order valence-corrected chi connectivity index (χ4v) is 10.3. The predicted molar refractivity (Wildman–Crippen MR) is 257 cm³/mol. The third-order valence-electron chi connectivity index (χ3n) is 13.2. The lowest BCUT2D eigenvalue weighted by atomic mass is 9.82. The molecule has 11 aromatic rings. The van der Waals surface area contributed by atoms with E-state index < -0.39 is 0 Å². The highest BCUT2D eigenvalue weighted by Crippen LogP contribution is 2.54. The summed E-state index contributed by atoms with van der Waals surface area (Å²) in [5.74, 6) is 0. The summed E-state index contributed by atoms with van der Waals surface area (Å²) < 4.78 is 0. The first-order chi connectivity index (χ1) is 29.5. The number of rotatable bonds is 5. The van der Waals surface area contributed by atoms with E-state index in [1.165, 1.54) is 104 Å². The number of anilines is 3.